The van der Waals surface area contributed by atoms with E-state index in [1.165, 1.54) is 26.2 Å². The van der Waals surface area contributed by atoms with Gasteiger partial charge in [-0.2, -0.15) is 0 Å². The van der Waals surface area contributed by atoms with Crippen LogP contribution in [-0.2, 0) is 10.0 Å². The fraction of sp³-hybridized carbons (Fsp3) is 0.167. The topological polar surface area (TPSA) is 121 Å². The van der Waals surface area contributed by atoms with Crippen LogP contribution in [-0.4, -0.2) is 25.5 Å². The number of ether oxygens (including phenoxy) is 1. The van der Waals surface area contributed by atoms with Crippen molar-refractivity contribution in [3.63, 3.8) is 0 Å². The van der Waals surface area contributed by atoms with Crippen molar-refractivity contribution in [1.29, 1.82) is 0 Å². The highest BCUT2D eigenvalue weighted by molar-refractivity contribution is 7.92. The standard InChI is InChI=1S/C12H13N3O5S/c1-7-10(11(16)14-12(17)13-7)21(18,19)15-8-4-3-5-9(6-8)20-2/h3-6,15H,1-2H3,(H2,13,14,16,17). The van der Waals surface area contributed by atoms with E-state index in [4.69, 9.17) is 4.74 Å². The van der Waals surface area contributed by atoms with Gasteiger partial charge in [-0.05, 0) is 19.1 Å². The van der Waals surface area contributed by atoms with Crippen molar-refractivity contribution in [2.45, 2.75) is 11.8 Å². The van der Waals surface area contributed by atoms with Crippen LogP contribution >= 0.6 is 0 Å². The Labute approximate surface area is 119 Å². The minimum absolute atomic E-state index is 0.0425. The maximum absolute atomic E-state index is 12.3. The number of methoxy groups -OCH3 is 1. The van der Waals surface area contributed by atoms with Gasteiger partial charge in [0.1, 0.15) is 5.75 Å². The van der Waals surface area contributed by atoms with Gasteiger partial charge >= 0.3 is 5.69 Å². The lowest BCUT2D eigenvalue weighted by atomic mass is 10.3. The largest absolute Gasteiger partial charge is 0.497 e. The summed E-state index contributed by atoms with van der Waals surface area (Å²) >= 11 is 0. The molecule has 1 aromatic heterocycles. The summed E-state index contributed by atoms with van der Waals surface area (Å²) in [4.78, 5) is 26.4. The first kappa shape index (κ1) is 14.9. The average Bonchev–Trinajstić information content (AvgIpc) is 2.36. The molecule has 0 fully saturated rings. The number of benzene rings is 1. The monoisotopic (exact) mass is 311 g/mol. The fourth-order valence-corrected chi connectivity index (χ4v) is 3.09. The normalized spacial score (nSPS) is 11.1. The molecule has 0 aliphatic rings. The third-order valence-electron chi connectivity index (χ3n) is 2.67. The van der Waals surface area contributed by atoms with Crippen molar-refractivity contribution < 1.29 is 13.2 Å². The third-order valence-corrected chi connectivity index (χ3v) is 4.20. The van der Waals surface area contributed by atoms with E-state index in [0.717, 1.165) is 0 Å². The molecule has 0 saturated carbocycles. The lowest BCUT2D eigenvalue weighted by molar-refractivity contribution is 0.415. The Morgan fingerprint density at radius 2 is 1.90 bits per heavy atom. The number of aryl methyl sites for hydroxylation is 1. The van der Waals surface area contributed by atoms with Gasteiger partial charge in [0, 0.05) is 11.8 Å². The molecule has 0 saturated heterocycles. The quantitative estimate of drug-likeness (QED) is 0.743. The van der Waals surface area contributed by atoms with Gasteiger partial charge in [0.2, 0.25) is 0 Å². The highest BCUT2D eigenvalue weighted by atomic mass is 32.2. The number of H-pyrrole nitrogens is 2. The highest BCUT2D eigenvalue weighted by Gasteiger charge is 2.22. The number of aromatic nitrogens is 2. The zero-order valence-electron chi connectivity index (χ0n) is 11.3. The van der Waals surface area contributed by atoms with Gasteiger partial charge in [-0.15, -0.1) is 0 Å². The number of hydrogen-bond donors (Lipinski definition) is 3. The molecule has 8 nitrogen and oxygen atoms in total. The third kappa shape index (κ3) is 3.14. The second-order valence-electron chi connectivity index (χ2n) is 4.20. The van der Waals surface area contributed by atoms with Crippen LogP contribution in [0.5, 0.6) is 5.75 Å². The zero-order valence-corrected chi connectivity index (χ0v) is 12.1. The molecule has 9 heteroatoms. The molecule has 2 aromatic rings. The Balaban J connectivity index is 2.48. The molecule has 112 valence electrons. The Bertz CT molecular complexity index is 882. The predicted molar refractivity (Wildman–Crippen MR) is 76.2 cm³/mol. The predicted octanol–water partition coefficient (Wildman–Crippen LogP) is 0.181. The Kier molecular flexibility index (Phi) is 3.85. The first-order valence-corrected chi connectivity index (χ1v) is 7.32. The van der Waals surface area contributed by atoms with Crippen molar-refractivity contribution in [3.8, 4) is 5.75 Å². The summed E-state index contributed by atoms with van der Waals surface area (Å²) in [5, 5.41) is 0. The molecule has 1 aromatic carbocycles. The summed E-state index contributed by atoms with van der Waals surface area (Å²) in [6.45, 7) is 1.33. The van der Waals surface area contributed by atoms with Gasteiger partial charge < -0.3 is 9.72 Å². The minimum atomic E-state index is -4.14. The van der Waals surface area contributed by atoms with Crippen molar-refractivity contribution in [2.75, 3.05) is 11.8 Å². The molecule has 0 bridgehead atoms. The second kappa shape index (κ2) is 5.44. The lowest BCUT2D eigenvalue weighted by Crippen LogP contribution is -2.31. The number of nitrogens with one attached hydrogen (secondary N) is 3. The summed E-state index contributed by atoms with van der Waals surface area (Å²) < 4.78 is 31.8. The molecule has 3 N–H and O–H groups in total. The molecule has 0 radical (unpaired) electrons. The molecule has 0 atom stereocenters. The van der Waals surface area contributed by atoms with E-state index in [2.05, 4.69) is 9.71 Å². The van der Waals surface area contributed by atoms with Gasteiger partial charge in [-0.25, -0.2) is 13.2 Å². The highest BCUT2D eigenvalue weighted by Crippen LogP contribution is 2.19. The van der Waals surface area contributed by atoms with E-state index < -0.39 is 26.2 Å². The Hall–Kier alpha value is -2.55. The zero-order chi connectivity index (χ0) is 15.6. The molecule has 21 heavy (non-hydrogen) atoms. The Morgan fingerprint density at radius 3 is 2.52 bits per heavy atom. The summed E-state index contributed by atoms with van der Waals surface area (Å²) in [5.41, 5.74) is -1.55. The van der Waals surface area contributed by atoms with E-state index >= 15 is 0 Å². The van der Waals surface area contributed by atoms with Gasteiger partial charge in [0.05, 0.1) is 12.8 Å². The fourth-order valence-electron chi connectivity index (χ4n) is 1.80. The van der Waals surface area contributed by atoms with Crippen LogP contribution in [0.4, 0.5) is 5.69 Å². The molecule has 1 heterocycles. The summed E-state index contributed by atoms with van der Waals surface area (Å²) in [5.74, 6) is 0.460. The van der Waals surface area contributed by atoms with Crippen LogP contribution in [0.25, 0.3) is 0 Å². The number of hydrogen-bond acceptors (Lipinski definition) is 5. The molecule has 0 amide bonds. The van der Waals surface area contributed by atoms with Crippen molar-refractivity contribution in [1.82, 2.24) is 9.97 Å². The second-order valence-corrected chi connectivity index (χ2v) is 5.82. The maximum Gasteiger partial charge on any atom is 0.325 e. The first-order valence-electron chi connectivity index (χ1n) is 5.83. The van der Waals surface area contributed by atoms with Crippen molar-refractivity contribution >= 4 is 15.7 Å². The van der Waals surface area contributed by atoms with E-state index in [0.29, 0.717) is 5.75 Å². The van der Waals surface area contributed by atoms with Crippen LogP contribution in [0, 0.1) is 6.92 Å². The van der Waals surface area contributed by atoms with Crippen LogP contribution in [0.15, 0.2) is 38.8 Å². The van der Waals surface area contributed by atoms with Crippen molar-refractivity contribution in [3.05, 3.63) is 50.8 Å². The Morgan fingerprint density at radius 1 is 1.19 bits per heavy atom. The van der Waals surface area contributed by atoms with Crippen LogP contribution in [0.1, 0.15) is 5.69 Å². The molecular formula is C12H13N3O5S. The lowest BCUT2D eigenvalue weighted by Gasteiger charge is -2.10. The van der Waals surface area contributed by atoms with E-state index in [1.807, 2.05) is 4.98 Å². The maximum atomic E-state index is 12.3. The van der Waals surface area contributed by atoms with Gasteiger partial charge in [0.25, 0.3) is 15.6 Å². The molecule has 0 aliphatic heterocycles. The van der Waals surface area contributed by atoms with E-state index in [9.17, 15) is 18.0 Å². The van der Waals surface area contributed by atoms with Crippen LogP contribution < -0.4 is 20.7 Å². The van der Waals surface area contributed by atoms with E-state index in [1.54, 1.807) is 12.1 Å². The number of anilines is 1. The molecule has 0 spiro atoms. The molecule has 0 unspecified atom stereocenters. The SMILES string of the molecule is COc1cccc(NS(=O)(=O)c2c(C)[nH]c(=O)[nH]c2=O)c1. The van der Waals surface area contributed by atoms with E-state index in [-0.39, 0.29) is 11.4 Å². The average molecular weight is 311 g/mol. The molecular weight excluding hydrogens is 298 g/mol. The smallest absolute Gasteiger partial charge is 0.325 e. The minimum Gasteiger partial charge on any atom is -0.497 e. The summed E-state index contributed by atoms with van der Waals surface area (Å²) in [6, 6.07) is 6.22. The summed E-state index contributed by atoms with van der Waals surface area (Å²) in [7, 11) is -2.69. The number of sulfonamides is 1. The van der Waals surface area contributed by atoms with Gasteiger partial charge in [-0.1, -0.05) is 6.07 Å². The first-order chi connectivity index (χ1) is 9.83. The summed E-state index contributed by atoms with van der Waals surface area (Å²) in [6.07, 6.45) is 0. The van der Waals surface area contributed by atoms with Crippen molar-refractivity contribution in [2.24, 2.45) is 0 Å². The number of rotatable bonds is 4. The van der Waals surface area contributed by atoms with Crippen LogP contribution in [0.2, 0.25) is 0 Å². The molecule has 0 aliphatic carbocycles. The number of aromatic amines is 2. The molecule has 2 rings (SSSR count). The van der Waals surface area contributed by atoms with Crippen LogP contribution in [0.3, 0.4) is 0 Å². The van der Waals surface area contributed by atoms with Gasteiger partial charge in [-0.3, -0.25) is 14.5 Å². The van der Waals surface area contributed by atoms with Gasteiger partial charge in [0.15, 0.2) is 4.90 Å².